The molecule has 128 valence electrons. The van der Waals surface area contributed by atoms with Gasteiger partial charge in [0.2, 0.25) is 5.91 Å². The van der Waals surface area contributed by atoms with Crippen LogP contribution < -0.4 is 20.5 Å². The summed E-state index contributed by atoms with van der Waals surface area (Å²) in [6.07, 6.45) is 0. The van der Waals surface area contributed by atoms with Crippen molar-refractivity contribution in [3.05, 3.63) is 48.5 Å². The molecule has 0 heterocycles. The molecule has 0 saturated heterocycles. The zero-order chi connectivity index (χ0) is 17.4. The smallest absolute Gasteiger partial charge is 0.237 e. The third-order valence-electron chi connectivity index (χ3n) is 3.25. The number of nitrogens with two attached hydrogens (primary N) is 1. The zero-order valence-electron chi connectivity index (χ0n) is 13.8. The van der Waals surface area contributed by atoms with E-state index < -0.39 is 0 Å². The quantitative estimate of drug-likeness (QED) is 0.718. The molecule has 0 aliphatic rings. The Morgan fingerprint density at radius 2 is 1.75 bits per heavy atom. The molecule has 24 heavy (non-hydrogen) atoms. The molecular weight excluding hydrogens is 324 g/mol. The number of anilines is 1. The van der Waals surface area contributed by atoms with Gasteiger partial charge in [-0.3, -0.25) is 4.79 Å². The summed E-state index contributed by atoms with van der Waals surface area (Å²) in [6, 6.07) is 14.9. The highest BCUT2D eigenvalue weighted by molar-refractivity contribution is 8.00. The summed E-state index contributed by atoms with van der Waals surface area (Å²) >= 11 is 1.50. The maximum absolute atomic E-state index is 12.3. The second-order valence-corrected chi connectivity index (χ2v) is 6.50. The maximum Gasteiger partial charge on any atom is 0.237 e. The molecule has 0 fully saturated rings. The summed E-state index contributed by atoms with van der Waals surface area (Å²) < 4.78 is 10.5. The number of nitrogens with one attached hydrogen (secondary N) is 1. The molecule has 0 aliphatic heterocycles. The minimum atomic E-state index is -0.216. The van der Waals surface area contributed by atoms with Crippen LogP contribution in [0.4, 0.5) is 5.69 Å². The van der Waals surface area contributed by atoms with Crippen molar-refractivity contribution >= 4 is 23.4 Å². The summed E-state index contributed by atoms with van der Waals surface area (Å²) in [5, 5.41) is 2.69. The van der Waals surface area contributed by atoms with Crippen LogP contribution in [-0.4, -0.2) is 31.4 Å². The molecule has 5 nitrogen and oxygen atoms in total. The lowest BCUT2D eigenvalue weighted by atomic mass is 10.3. The molecule has 1 unspecified atom stereocenters. The van der Waals surface area contributed by atoms with E-state index in [9.17, 15) is 4.79 Å². The first-order valence-corrected chi connectivity index (χ1v) is 8.55. The molecule has 0 aliphatic carbocycles. The maximum atomic E-state index is 12.3. The van der Waals surface area contributed by atoms with Crippen molar-refractivity contribution < 1.29 is 14.3 Å². The Hall–Kier alpha value is -2.18. The van der Waals surface area contributed by atoms with E-state index in [2.05, 4.69) is 5.32 Å². The fraction of sp³-hybridized carbons (Fsp3) is 0.278. The van der Waals surface area contributed by atoms with E-state index in [4.69, 9.17) is 15.2 Å². The number of thioether (sulfide) groups is 1. The van der Waals surface area contributed by atoms with Gasteiger partial charge in [-0.25, -0.2) is 0 Å². The number of rotatable bonds is 8. The standard InChI is InChI=1S/C18H22N2O3S/c1-13(24-17-9-7-15(22-2)8-10-17)18(21)20-14-3-5-16(6-4-14)23-12-11-19/h3-10,13H,11-12,19H2,1-2H3,(H,20,21). The van der Waals surface area contributed by atoms with Gasteiger partial charge in [-0.15, -0.1) is 11.8 Å². The van der Waals surface area contributed by atoms with Crippen molar-refractivity contribution in [1.82, 2.24) is 0 Å². The van der Waals surface area contributed by atoms with Crippen LogP contribution in [0.5, 0.6) is 11.5 Å². The van der Waals surface area contributed by atoms with Crippen LogP contribution in [0, 0.1) is 0 Å². The van der Waals surface area contributed by atoms with Gasteiger partial charge < -0.3 is 20.5 Å². The largest absolute Gasteiger partial charge is 0.497 e. The second-order valence-electron chi connectivity index (χ2n) is 5.09. The minimum absolute atomic E-state index is 0.0496. The van der Waals surface area contributed by atoms with Crippen molar-refractivity contribution in [2.24, 2.45) is 5.73 Å². The van der Waals surface area contributed by atoms with Crippen molar-refractivity contribution in [2.75, 3.05) is 25.6 Å². The lowest BCUT2D eigenvalue weighted by Gasteiger charge is -2.13. The van der Waals surface area contributed by atoms with Crippen molar-refractivity contribution in [2.45, 2.75) is 17.1 Å². The van der Waals surface area contributed by atoms with Gasteiger partial charge in [0.1, 0.15) is 18.1 Å². The minimum Gasteiger partial charge on any atom is -0.497 e. The van der Waals surface area contributed by atoms with E-state index in [-0.39, 0.29) is 11.2 Å². The number of hydrogen-bond donors (Lipinski definition) is 2. The molecule has 0 spiro atoms. The SMILES string of the molecule is COc1ccc(SC(C)C(=O)Nc2ccc(OCCN)cc2)cc1. The Kier molecular flexibility index (Phi) is 6.96. The first kappa shape index (κ1) is 18.2. The number of methoxy groups -OCH3 is 1. The Balaban J connectivity index is 1.88. The summed E-state index contributed by atoms with van der Waals surface area (Å²) in [6.45, 7) is 2.82. The monoisotopic (exact) mass is 346 g/mol. The number of hydrogen-bond acceptors (Lipinski definition) is 5. The number of amides is 1. The Labute approximate surface area is 146 Å². The van der Waals surface area contributed by atoms with Crippen LogP contribution in [-0.2, 0) is 4.79 Å². The molecule has 2 aromatic rings. The van der Waals surface area contributed by atoms with Gasteiger partial charge in [-0.05, 0) is 55.5 Å². The molecule has 3 N–H and O–H groups in total. The Bertz CT molecular complexity index is 644. The number of carbonyl (C=O) groups is 1. The average Bonchev–Trinajstić information content (AvgIpc) is 2.61. The Morgan fingerprint density at radius 3 is 2.33 bits per heavy atom. The third kappa shape index (κ3) is 5.47. The molecule has 1 atom stereocenters. The van der Waals surface area contributed by atoms with E-state index >= 15 is 0 Å². The summed E-state index contributed by atoms with van der Waals surface area (Å²) in [5.41, 5.74) is 6.13. The van der Waals surface area contributed by atoms with Gasteiger partial charge in [0.05, 0.1) is 12.4 Å². The fourth-order valence-corrected chi connectivity index (χ4v) is 2.83. The molecule has 0 bridgehead atoms. The van der Waals surface area contributed by atoms with E-state index in [1.165, 1.54) is 11.8 Å². The molecule has 0 radical (unpaired) electrons. The highest BCUT2D eigenvalue weighted by Gasteiger charge is 2.14. The Morgan fingerprint density at radius 1 is 1.12 bits per heavy atom. The predicted molar refractivity (Wildman–Crippen MR) is 97.9 cm³/mol. The first-order chi connectivity index (χ1) is 11.6. The molecule has 6 heteroatoms. The molecule has 0 aromatic heterocycles. The van der Waals surface area contributed by atoms with Crippen molar-refractivity contribution in [1.29, 1.82) is 0 Å². The normalized spacial score (nSPS) is 11.6. The van der Waals surface area contributed by atoms with Crippen LogP contribution in [0.15, 0.2) is 53.4 Å². The van der Waals surface area contributed by atoms with Gasteiger partial charge in [0.25, 0.3) is 0 Å². The van der Waals surface area contributed by atoms with Gasteiger partial charge in [0, 0.05) is 17.1 Å². The molecule has 1 amide bonds. The van der Waals surface area contributed by atoms with E-state index in [0.29, 0.717) is 13.2 Å². The lowest BCUT2D eigenvalue weighted by molar-refractivity contribution is -0.115. The number of ether oxygens (including phenoxy) is 2. The van der Waals surface area contributed by atoms with E-state index in [0.717, 1.165) is 22.1 Å². The highest BCUT2D eigenvalue weighted by Crippen LogP contribution is 2.26. The zero-order valence-corrected chi connectivity index (χ0v) is 14.6. The van der Waals surface area contributed by atoms with Crippen LogP contribution in [0.25, 0.3) is 0 Å². The summed E-state index contributed by atoms with van der Waals surface area (Å²) in [5.74, 6) is 1.49. The lowest BCUT2D eigenvalue weighted by Crippen LogP contribution is -2.22. The van der Waals surface area contributed by atoms with Crippen molar-refractivity contribution in [3.8, 4) is 11.5 Å². The van der Waals surface area contributed by atoms with Crippen LogP contribution in [0.1, 0.15) is 6.92 Å². The van der Waals surface area contributed by atoms with Crippen LogP contribution in [0.2, 0.25) is 0 Å². The topological polar surface area (TPSA) is 73.6 Å². The highest BCUT2D eigenvalue weighted by atomic mass is 32.2. The molecule has 0 saturated carbocycles. The van der Waals surface area contributed by atoms with Crippen molar-refractivity contribution in [3.63, 3.8) is 0 Å². The van der Waals surface area contributed by atoms with Crippen LogP contribution in [0.3, 0.4) is 0 Å². The van der Waals surface area contributed by atoms with Crippen LogP contribution >= 0.6 is 11.8 Å². The number of benzene rings is 2. The third-order valence-corrected chi connectivity index (χ3v) is 4.36. The van der Waals surface area contributed by atoms with Gasteiger partial charge in [-0.2, -0.15) is 0 Å². The van der Waals surface area contributed by atoms with Gasteiger partial charge in [-0.1, -0.05) is 0 Å². The predicted octanol–water partition coefficient (Wildman–Crippen LogP) is 3.15. The van der Waals surface area contributed by atoms with E-state index in [1.807, 2.05) is 55.5 Å². The van der Waals surface area contributed by atoms with E-state index in [1.54, 1.807) is 7.11 Å². The molecule has 2 rings (SSSR count). The fourth-order valence-electron chi connectivity index (χ4n) is 1.97. The first-order valence-electron chi connectivity index (χ1n) is 7.67. The van der Waals surface area contributed by atoms with Gasteiger partial charge in [0.15, 0.2) is 0 Å². The molecular formula is C18H22N2O3S. The number of carbonyl (C=O) groups excluding carboxylic acids is 1. The average molecular weight is 346 g/mol. The summed E-state index contributed by atoms with van der Waals surface area (Å²) in [7, 11) is 1.63. The summed E-state index contributed by atoms with van der Waals surface area (Å²) in [4.78, 5) is 13.3. The molecule has 2 aromatic carbocycles. The second kappa shape index (κ2) is 9.20. The van der Waals surface area contributed by atoms with Gasteiger partial charge >= 0.3 is 0 Å².